The van der Waals surface area contributed by atoms with E-state index in [-0.39, 0.29) is 0 Å². The number of hydrogen-bond donors (Lipinski definition) is 1. The molecule has 1 saturated carbocycles. The smallest absolute Gasteiger partial charge is 0.121 e. The van der Waals surface area contributed by atoms with Crippen molar-refractivity contribution >= 4 is 0 Å². The number of nitrogens with zero attached hydrogens (tertiary/aromatic N) is 2. The van der Waals surface area contributed by atoms with Gasteiger partial charge in [-0.05, 0) is 42.9 Å². The Morgan fingerprint density at radius 3 is 2.68 bits per heavy atom. The molecule has 1 aliphatic carbocycles. The summed E-state index contributed by atoms with van der Waals surface area (Å²) < 4.78 is 1.76. The van der Waals surface area contributed by atoms with E-state index in [1.165, 1.54) is 24.8 Å². The molecule has 3 rings (SSSR count). The van der Waals surface area contributed by atoms with Crippen LogP contribution in [0, 0.1) is 6.92 Å². The molecule has 0 spiro atoms. The third kappa shape index (κ3) is 2.30. The van der Waals surface area contributed by atoms with Crippen molar-refractivity contribution in [2.24, 2.45) is 7.05 Å². The summed E-state index contributed by atoms with van der Waals surface area (Å²) in [5, 5.41) is 14.8. The number of benzene rings is 1. The van der Waals surface area contributed by atoms with Crippen LogP contribution in [0.4, 0.5) is 0 Å². The van der Waals surface area contributed by atoms with Gasteiger partial charge in [0.1, 0.15) is 6.10 Å². The molecule has 1 aromatic heterocycles. The fraction of sp³-hybridized carbons (Fsp3) is 0.438. The van der Waals surface area contributed by atoms with E-state index in [0.717, 1.165) is 17.0 Å². The van der Waals surface area contributed by atoms with Crippen LogP contribution in [-0.4, -0.2) is 14.9 Å². The molecule has 1 heterocycles. The fourth-order valence-electron chi connectivity index (χ4n) is 2.78. The summed E-state index contributed by atoms with van der Waals surface area (Å²) >= 11 is 0. The Morgan fingerprint density at radius 2 is 2.11 bits per heavy atom. The van der Waals surface area contributed by atoms with E-state index >= 15 is 0 Å². The van der Waals surface area contributed by atoms with Crippen LogP contribution < -0.4 is 0 Å². The zero-order valence-corrected chi connectivity index (χ0v) is 11.5. The van der Waals surface area contributed by atoms with E-state index in [1.54, 1.807) is 4.68 Å². The largest absolute Gasteiger partial charge is 0.382 e. The molecule has 0 radical (unpaired) electrons. The van der Waals surface area contributed by atoms with Gasteiger partial charge in [0.15, 0.2) is 0 Å². The quantitative estimate of drug-likeness (QED) is 0.916. The van der Waals surface area contributed by atoms with E-state index < -0.39 is 6.10 Å². The molecule has 0 aliphatic heterocycles. The van der Waals surface area contributed by atoms with Crippen LogP contribution in [0.25, 0.3) is 0 Å². The monoisotopic (exact) mass is 256 g/mol. The maximum Gasteiger partial charge on any atom is 0.121 e. The Kier molecular flexibility index (Phi) is 3.15. The number of hydrogen-bond acceptors (Lipinski definition) is 2. The Morgan fingerprint density at radius 1 is 1.32 bits per heavy atom. The van der Waals surface area contributed by atoms with Gasteiger partial charge >= 0.3 is 0 Å². The van der Waals surface area contributed by atoms with Gasteiger partial charge in [0.2, 0.25) is 0 Å². The van der Waals surface area contributed by atoms with Gasteiger partial charge in [-0.1, -0.05) is 30.7 Å². The Hall–Kier alpha value is -1.61. The second kappa shape index (κ2) is 4.82. The van der Waals surface area contributed by atoms with Crippen molar-refractivity contribution in [2.45, 2.75) is 38.2 Å². The molecule has 3 heteroatoms. The van der Waals surface area contributed by atoms with Crippen LogP contribution in [0.2, 0.25) is 0 Å². The molecule has 2 aromatic rings. The average Bonchev–Trinajstić information content (AvgIpc) is 2.66. The first-order chi connectivity index (χ1) is 9.15. The zero-order valence-electron chi connectivity index (χ0n) is 11.5. The van der Waals surface area contributed by atoms with E-state index in [4.69, 9.17) is 0 Å². The molecule has 19 heavy (non-hydrogen) atoms. The summed E-state index contributed by atoms with van der Waals surface area (Å²) in [6, 6.07) is 10.3. The minimum Gasteiger partial charge on any atom is -0.382 e. The summed E-state index contributed by atoms with van der Waals surface area (Å²) in [4.78, 5) is 0. The Labute approximate surface area is 113 Å². The third-order valence-corrected chi connectivity index (χ3v) is 4.12. The molecular formula is C16H20N2O. The van der Waals surface area contributed by atoms with Gasteiger partial charge in [-0.2, -0.15) is 5.10 Å². The normalized spacial score (nSPS) is 17.2. The SMILES string of the molecule is Cc1cc(C(O)c2cccc(C3CCC3)c2)n(C)n1. The predicted octanol–water partition coefficient (Wildman–Crippen LogP) is 3.08. The van der Waals surface area contributed by atoms with Crippen LogP contribution in [0.5, 0.6) is 0 Å². The van der Waals surface area contributed by atoms with Gasteiger partial charge in [0.25, 0.3) is 0 Å². The van der Waals surface area contributed by atoms with Crippen molar-refractivity contribution in [1.29, 1.82) is 0 Å². The summed E-state index contributed by atoms with van der Waals surface area (Å²) in [6.07, 6.45) is 3.30. The molecule has 0 amide bonds. The highest BCUT2D eigenvalue weighted by molar-refractivity contribution is 5.33. The lowest BCUT2D eigenvalue weighted by atomic mass is 9.79. The third-order valence-electron chi connectivity index (χ3n) is 4.12. The summed E-state index contributed by atoms with van der Waals surface area (Å²) in [5.41, 5.74) is 4.11. The van der Waals surface area contributed by atoms with Gasteiger partial charge in [-0.25, -0.2) is 0 Å². The molecule has 1 fully saturated rings. The first kappa shape index (κ1) is 12.4. The van der Waals surface area contributed by atoms with Crippen molar-refractivity contribution in [3.8, 4) is 0 Å². The second-order valence-electron chi connectivity index (χ2n) is 5.53. The minimum absolute atomic E-state index is 0.591. The van der Waals surface area contributed by atoms with Crippen LogP contribution in [0.15, 0.2) is 30.3 Å². The maximum absolute atomic E-state index is 10.5. The molecule has 0 bridgehead atoms. The maximum atomic E-state index is 10.5. The van der Waals surface area contributed by atoms with E-state index in [2.05, 4.69) is 23.3 Å². The topological polar surface area (TPSA) is 38.0 Å². The number of aromatic nitrogens is 2. The van der Waals surface area contributed by atoms with Gasteiger partial charge in [-0.15, -0.1) is 0 Å². The van der Waals surface area contributed by atoms with Crippen molar-refractivity contribution in [1.82, 2.24) is 9.78 Å². The van der Waals surface area contributed by atoms with Crippen LogP contribution in [0.1, 0.15) is 53.8 Å². The molecule has 1 aromatic carbocycles. The van der Waals surface area contributed by atoms with Crippen LogP contribution >= 0.6 is 0 Å². The van der Waals surface area contributed by atoms with Crippen molar-refractivity contribution in [3.63, 3.8) is 0 Å². The zero-order chi connectivity index (χ0) is 13.4. The molecule has 100 valence electrons. The lowest BCUT2D eigenvalue weighted by Crippen LogP contribution is -2.11. The first-order valence-corrected chi connectivity index (χ1v) is 6.93. The highest BCUT2D eigenvalue weighted by Crippen LogP contribution is 2.37. The van der Waals surface area contributed by atoms with E-state index in [1.807, 2.05) is 26.1 Å². The lowest BCUT2D eigenvalue weighted by molar-refractivity contribution is 0.209. The van der Waals surface area contributed by atoms with Gasteiger partial charge in [0.05, 0.1) is 11.4 Å². The summed E-state index contributed by atoms with van der Waals surface area (Å²) in [6.45, 7) is 1.95. The highest BCUT2D eigenvalue weighted by atomic mass is 16.3. The highest BCUT2D eigenvalue weighted by Gasteiger charge is 2.21. The lowest BCUT2D eigenvalue weighted by Gasteiger charge is -2.26. The molecule has 1 N–H and O–H groups in total. The first-order valence-electron chi connectivity index (χ1n) is 6.93. The molecular weight excluding hydrogens is 236 g/mol. The second-order valence-corrected chi connectivity index (χ2v) is 5.53. The number of aliphatic hydroxyl groups excluding tert-OH is 1. The molecule has 3 nitrogen and oxygen atoms in total. The number of rotatable bonds is 3. The fourth-order valence-corrected chi connectivity index (χ4v) is 2.78. The van der Waals surface area contributed by atoms with Crippen molar-refractivity contribution in [3.05, 3.63) is 52.8 Å². The van der Waals surface area contributed by atoms with Gasteiger partial charge < -0.3 is 5.11 Å². The number of aryl methyl sites for hydroxylation is 2. The Bertz CT molecular complexity index is 584. The minimum atomic E-state index is -0.591. The van der Waals surface area contributed by atoms with Crippen LogP contribution in [-0.2, 0) is 7.05 Å². The van der Waals surface area contributed by atoms with Crippen molar-refractivity contribution in [2.75, 3.05) is 0 Å². The summed E-state index contributed by atoms with van der Waals surface area (Å²) in [5.74, 6) is 0.695. The predicted molar refractivity (Wildman–Crippen MR) is 75.0 cm³/mol. The van der Waals surface area contributed by atoms with Crippen molar-refractivity contribution < 1.29 is 5.11 Å². The average molecular weight is 256 g/mol. The Balaban J connectivity index is 1.90. The van der Waals surface area contributed by atoms with Gasteiger partial charge in [-0.3, -0.25) is 4.68 Å². The summed E-state index contributed by atoms with van der Waals surface area (Å²) in [7, 11) is 1.88. The molecule has 1 unspecified atom stereocenters. The number of aliphatic hydroxyl groups is 1. The standard InChI is InChI=1S/C16H20N2O/c1-11-9-15(18(2)17-11)16(19)14-8-4-7-13(10-14)12-5-3-6-12/h4,7-10,12,16,19H,3,5-6H2,1-2H3. The molecule has 1 aliphatic rings. The molecule has 1 atom stereocenters. The van der Waals surface area contributed by atoms with Gasteiger partial charge in [0, 0.05) is 7.05 Å². The molecule has 0 saturated heterocycles. The van der Waals surface area contributed by atoms with E-state index in [9.17, 15) is 5.11 Å². The van der Waals surface area contributed by atoms with E-state index in [0.29, 0.717) is 5.92 Å². The van der Waals surface area contributed by atoms with Crippen LogP contribution in [0.3, 0.4) is 0 Å².